The topological polar surface area (TPSA) is 46.9 Å². The summed E-state index contributed by atoms with van der Waals surface area (Å²) in [5.41, 5.74) is 4.71. The van der Waals surface area contributed by atoms with Crippen molar-refractivity contribution in [2.45, 2.75) is 46.0 Å². The summed E-state index contributed by atoms with van der Waals surface area (Å²) in [5.74, 6) is 2.02. The second-order valence-electron chi connectivity index (χ2n) is 10.5. The second-order valence-corrected chi connectivity index (χ2v) is 13.8. The standard InChI is InChI=1S/C26H26BrCl2N3OS/c1-26(2)14-4-3-13(18(26)9-14)12-30-25(33)23-16-6-8-21-17(11-22(27)34-21)24(16)32(31-23)20-7-5-15(28)10-19(20)29/h5,7,10-11,13-14,18H,3-4,6,8-9,12H2,1-2H3,(H,30,33). The van der Waals surface area contributed by atoms with Gasteiger partial charge in [-0.15, -0.1) is 11.3 Å². The number of thiophene rings is 1. The van der Waals surface area contributed by atoms with Crippen molar-refractivity contribution in [2.75, 3.05) is 6.54 Å². The molecule has 4 aliphatic carbocycles. The van der Waals surface area contributed by atoms with Crippen LogP contribution < -0.4 is 5.32 Å². The molecule has 0 aliphatic heterocycles. The molecule has 8 heteroatoms. The highest BCUT2D eigenvalue weighted by Gasteiger charge is 2.54. The molecule has 3 atom stereocenters. The van der Waals surface area contributed by atoms with Gasteiger partial charge in [0.2, 0.25) is 0 Å². The Hall–Kier alpha value is -1.34. The molecular formula is C26H26BrCl2N3OS. The van der Waals surface area contributed by atoms with E-state index >= 15 is 0 Å². The van der Waals surface area contributed by atoms with Gasteiger partial charge in [0.1, 0.15) is 0 Å². The predicted octanol–water partition coefficient (Wildman–Crippen LogP) is 7.57. The predicted molar refractivity (Wildman–Crippen MR) is 142 cm³/mol. The number of aromatic nitrogens is 2. The Morgan fingerprint density at radius 3 is 2.82 bits per heavy atom. The third-order valence-corrected chi connectivity index (χ3v) is 10.7. The number of halogens is 3. The molecule has 1 amide bonds. The largest absolute Gasteiger partial charge is 0.350 e. The number of amides is 1. The molecule has 3 unspecified atom stereocenters. The van der Waals surface area contributed by atoms with Crippen molar-refractivity contribution in [3.63, 3.8) is 0 Å². The van der Waals surface area contributed by atoms with E-state index in [4.69, 9.17) is 28.3 Å². The van der Waals surface area contributed by atoms with Gasteiger partial charge in [0, 0.05) is 27.6 Å². The van der Waals surface area contributed by atoms with Crippen molar-refractivity contribution >= 4 is 56.4 Å². The zero-order valence-electron chi connectivity index (χ0n) is 19.1. The van der Waals surface area contributed by atoms with E-state index in [0.717, 1.165) is 51.6 Å². The third-order valence-electron chi connectivity index (χ3n) is 8.50. The van der Waals surface area contributed by atoms with Gasteiger partial charge in [-0.05, 0) is 95.5 Å². The van der Waals surface area contributed by atoms with Crippen LogP contribution in [-0.2, 0) is 12.8 Å². The fraction of sp³-hybridized carbons (Fsp3) is 0.462. The molecule has 4 aliphatic rings. The molecule has 3 saturated carbocycles. The zero-order valence-corrected chi connectivity index (χ0v) is 23.0. The van der Waals surface area contributed by atoms with Crippen LogP contribution in [0.15, 0.2) is 28.1 Å². The first-order valence-electron chi connectivity index (χ1n) is 11.9. The number of hydrogen-bond donors (Lipinski definition) is 1. The summed E-state index contributed by atoms with van der Waals surface area (Å²) in [5, 5.41) is 9.18. The van der Waals surface area contributed by atoms with E-state index in [-0.39, 0.29) is 5.91 Å². The minimum Gasteiger partial charge on any atom is -0.350 e. The lowest BCUT2D eigenvalue weighted by Crippen LogP contribution is -2.54. The van der Waals surface area contributed by atoms with Crippen molar-refractivity contribution in [3.8, 4) is 16.9 Å². The van der Waals surface area contributed by atoms with Crippen LogP contribution in [0.4, 0.5) is 0 Å². The van der Waals surface area contributed by atoms with Gasteiger partial charge in [-0.3, -0.25) is 4.79 Å². The number of nitrogens with one attached hydrogen (secondary N) is 1. The van der Waals surface area contributed by atoms with Crippen LogP contribution in [0.3, 0.4) is 0 Å². The van der Waals surface area contributed by atoms with Gasteiger partial charge in [0.05, 0.1) is 20.2 Å². The van der Waals surface area contributed by atoms with Crippen LogP contribution >= 0.6 is 50.5 Å². The number of fused-ring (bicyclic) bond motifs is 5. The number of carbonyl (C=O) groups is 1. The summed E-state index contributed by atoms with van der Waals surface area (Å²) in [4.78, 5) is 14.8. The van der Waals surface area contributed by atoms with Crippen molar-refractivity contribution < 1.29 is 4.79 Å². The average Bonchev–Trinajstić information content (AvgIpc) is 3.37. The molecule has 0 saturated heterocycles. The van der Waals surface area contributed by atoms with Gasteiger partial charge >= 0.3 is 0 Å². The number of rotatable bonds is 4. The van der Waals surface area contributed by atoms with Crippen LogP contribution in [0.5, 0.6) is 0 Å². The van der Waals surface area contributed by atoms with Gasteiger partial charge in [0.15, 0.2) is 5.69 Å². The Kier molecular flexibility index (Phi) is 5.68. The molecule has 2 bridgehead atoms. The minimum absolute atomic E-state index is 0.0860. The van der Waals surface area contributed by atoms with Gasteiger partial charge in [-0.25, -0.2) is 4.68 Å². The Bertz CT molecular complexity index is 1310. The van der Waals surface area contributed by atoms with Gasteiger partial charge in [-0.1, -0.05) is 37.0 Å². The normalized spacial score (nSPS) is 24.2. The fourth-order valence-electron chi connectivity index (χ4n) is 6.51. The van der Waals surface area contributed by atoms with E-state index < -0.39 is 0 Å². The van der Waals surface area contributed by atoms with Crippen molar-refractivity contribution in [1.82, 2.24) is 15.1 Å². The molecule has 0 radical (unpaired) electrons. The molecule has 7 rings (SSSR count). The van der Waals surface area contributed by atoms with Gasteiger partial charge in [-0.2, -0.15) is 5.10 Å². The first-order chi connectivity index (χ1) is 16.2. The van der Waals surface area contributed by atoms with Gasteiger partial charge in [0.25, 0.3) is 5.91 Å². The van der Waals surface area contributed by atoms with E-state index in [2.05, 4.69) is 41.2 Å². The third kappa shape index (κ3) is 3.59. The summed E-state index contributed by atoms with van der Waals surface area (Å²) >= 11 is 18.1. The summed E-state index contributed by atoms with van der Waals surface area (Å²) in [6.45, 7) is 5.51. The number of nitrogens with zero attached hydrogens (tertiary/aromatic N) is 2. The highest BCUT2D eigenvalue weighted by molar-refractivity contribution is 9.11. The minimum atomic E-state index is -0.0860. The highest BCUT2D eigenvalue weighted by atomic mass is 79.9. The molecule has 1 N–H and O–H groups in total. The molecule has 0 spiro atoms. The second kappa shape index (κ2) is 8.36. The Labute approximate surface area is 222 Å². The molecule has 4 nitrogen and oxygen atoms in total. The molecule has 34 heavy (non-hydrogen) atoms. The number of carbonyl (C=O) groups excluding carboxylic acids is 1. The van der Waals surface area contributed by atoms with Crippen LogP contribution in [0.1, 0.15) is 54.0 Å². The Morgan fingerprint density at radius 2 is 2.09 bits per heavy atom. The number of hydrogen-bond acceptors (Lipinski definition) is 3. The smallest absolute Gasteiger partial charge is 0.272 e. The van der Waals surface area contributed by atoms with Crippen LogP contribution in [-0.4, -0.2) is 22.2 Å². The van der Waals surface area contributed by atoms with E-state index in [1.807, 2.05) is 10.7 Å². The van der Waals surface area contributed by atoms with Gasteiger partial charge < -0.3 is 5.32 Å². The molecule has 3 aromatic rings. The quantitative estimate of drug-likeness (QED) is 0.347. The lowest BCUT2D eigenvalue weighted by Gasteiger charge is -2.60. The fourth-order valence-corrected chi connectivity index (χ4v) is 8.69. The molecule has 3 fully saturated rings. The number of aryl methyl sites for hydroxylation is 1. The summed E-state index contributed by atoms with van der Waals surface area (Å²) < 4.78 is 2.91. The highest BCUT2D eigenvalue weighted by Crippen LogP contribution is 2.61. The van der Waals surface area contributed by atoms with Crippen LogP contribution in [0.2, 0.25) is 10.0 Å². The van der Waals surface area contributed by atoms with E-state index in [1.54, 1.807) is 23.5 Å². The molecule has 2 aromatic heterocycles. The Balaban J connectivity index is 1.36. The molecule has 2 heterocycles. The first kappa shape index (κ1) is 23.1. The lowest BCUT2D eigenvalue weighted by atomic mass is 9.45. The van der Waals surface area contributed by atoms with Crippen molar-refractivity contribution in [3.05, 3.63) is 54.2 Å². The van der Waals surface area contributed by atoms with Crippen molar-refractivity contribution in [2.24, 2.45) is 23.2 Å². The van der Waals surface area contributed by atoms with Crippen LogP contribution in [0.25, 0.3) is 16.9 Å². The summed E-state index contributed by atoms with van der Waals surface area (Å²) in [6, 6.07) is 7.52. The maximum absolute atomic E-state index is 13.5. The zero-order chi connectivity index (χ0) is 23.8. The lowest BCUT2D eigenvalue weighted by molar-refractivity contribution is -0.103. The maximum atomic E-state index is 13.5. The maximum Gasteiger partial charge on any atom is 0.272 e. The van der Waals surface area contributed by atoms with Crippen molar-refractivity contribution in [1.29, 1.82) is 0 Å². The summed E-state index contributed by atoms with van der Waals surface area (Å²) in [6.07, 6.45) is 5.48. The first-order valence-corrected chi connectivity index (χ1v) is 14.2. The van der Waals surface area contributed by atoms with E-state index in [9.17, 15) is 4.79 Å². The molecular weight excluding hydrogens is 553 g/mol. The SMILES string of the molecule is CC1(C)C2CCC(CNC(=O)c3nn(-c4ccc(Cl)cc4Cl)c4c3CCc3sc(Br)cc3-4)C1C2. The molecule has 1 aromatic carbocycles. The Morgan fingerprint density at radius 1 is 1.26 bits per heavy atom. The average molecular weight is 579 g/mol. The molecule has 178 valence electrons. The summed E-state index contributed by atoms with van der Waals surface area (Å²) in [7, 11) is 0. The number of benzene rings is 1. The monoisotopic (exact) mass is 577 g/mol. The van der Waals surface area contributed by atoms with Crippen LogP contribution in [0, 0.1) is 23.2 Å². The van der Waals surface area contributed by atoms with E-state index in [1.165, 1.54) is 24.1 Å². The van der Waals surface area contributed by atoms with E-state index in [0.29, 0.717) is 33.0 Å².